The van der Waals surface area contributed by atoms with E-state index in [1.165, 1.54) is 25.5 Å². The third-order valence-corrected chi connectivity index (χ3v) is 5.07. The zero-order chi connectivity index (χ0) is 14.8. The molecule has 1 N–H and O–H groups in total. The molecule has 5 heteroatoms. The molecule has 2 aliphatic rings. The van der Waals surface area contributed by atoms with E-state index in [0.717, 1.165) is 29.6 Å². The summed E-state index contributed by atoms with van der Waals surface area (Å²) in [6.07, 6.45) is 3.48. The minimum absolute atomic E-state index is 0.173. The maximum absolute atomic E-state index is 13.5. The minimum Gasteiger partial charge on any atom is -0.374 e. The van der Waals surface area contributed by atoms with Crippen LogP contribution in [0.4, 0.5) is 4.39 Å². The van der Waals surface area contributed by atoms with Gasteiger partial charge in [-0.15, -0.1) is 0 Å². The topological polar surface area (TPSA) is 24.5 Å². The van der Waals surface area contributed by atoms with Crippen LogP contribution >= 0.6 is 15.9 Å². The first-order valence-electron chi connectivity index (χ1n) is 7.63. The maximum Gasteiger partial charge on any atom is 0.124 e. The molecule has 3 unspecified atom stereocenters. The summed E-state index contributed by atoms with van der Waals surface area (Å²) in [6.45, 7) is 2.99. The van der Waals surface area contributed by atoms with Crippen LogP contribution in [0.5, 0.6) is 0 Å². The van der Waals surface area contributed by atoms with Crippen molar-refractivity contribution >= 4 is 15.9 Å². The van der Waals surface area contributed by atoms with Crippen LogP contribution in [0, 0.1) is 5.82 Å². The van der Waals surface area contributed by atoms with Gasteiger partial charge in [0.25, 0.3) is 0 Å². The van der Waals surface area contributed by atoms with Gasteiger partial charge >= 0.3 is 0 Å². The van der Waals surface area contributed by atoms with Gasteiger partial charge in [0.15, 0.2) is 0 Å². The molecule has 0 aromatic heterocycles. The highest BCUT2D eigenvalue weighted by atomic mass is 79.9. The summed E-state index contributed by atoms with van der Waals surface area (Å²) in [6, 6.07) is 5.90. The van der Waals surface area contributed by atoms with Crippen molar-refractivity contribution in [3.8, 4) is 0 Å². The third-order valence-electron chi connectivity index (χ3n) is 4.61. The Balaban J connectivity index is 1.67. The average molecular weight is 357 g/mol. The molecule has 1 aromatic rings. The van der Waals surface area contributed by atoms with Gasteiger partial charge in [-0.25, -0.2) is 4.39 Å². The SMILES string of the molecule is CNC(Cc1cc(F)cc(Br)c1)C1CN2CCCC2CO1. The zero-order valence-corrected chi connectivity index (χ0v) is 13.9. The second kappa shape index (κ2) is 6.73. The average Bonchev–Trinajstić information content (AvgIpc) is 2.91. The summed E-state index contributed by atoms with van der Waals surface area (Å²) < 4.78 is 20.4. The second-order valence-corrected chi connectivity index (χ2v) is 6.96. The van der Waals surface area contributed by atoms with Crippen molar-refractivity contribution < 1.29 is 9.13 Å². The molecule has 21 heavy (non-hydrogen) atoms. The predicted molar refractivity (Wildman–Crippen MR) is 85.0 cm³/mol. The van der Waals surface area contributed by atoms with Crippen molar-refractivity contribution in [3.63, 3.8) is 0 Å². The first-order chi connectivity index (χ1) is 10.2. The molecule has 0 radical (unpaired) electrons. The smallest absolute Gasteiger partial charge is 0.124 e. The Morgan fingerprint density at radius 1 is 1.48 bits per heavy atom. The molecule has 2 fully saturated rings. The van der Waals surface area contributed by atoms with Crippen LogP contribution in [0.25, 0.3) is 0 Å². The van der Waals surface area contributed by atoms with Crippen molar-refractivity contribution in [2.75, 3.05) is 26.7 Å². The summed E-state index contributed by atoms with van der Waals surface area (Å²) >= 11 is 3.36. The molecule has 0 saturated carbocycles. The third kappa shape index (κ3) is 3.65. The fourth-order valence-electron chi connectivity index (χ4n) is 3.49. The van der Waals surface area contributed by atoms with Gasteiger partial charge in [-0.2, -0.15) is 0 Å². The number of fused-ring (bicyclic) bond motifs is 1. The first-order valence-corrected chi connectivity index (χ1v) is 8.43. The Labute approximate surface area is 134 Å². The predicted octanol–water partition coefficient (Wildman–Crippen LogP) is 2.58. The van der Waals surface area contributed by atoms with Gasteiger partial charge in [0.2, 0.25) is 0 Å². The number of hydrogen-bond donors (Lipinski definition) is 1. The number of benzene rings is 1. The quantitative estimate of drug-likeness (QED) is 0.897. The van der Waals surface area contributed by atoms with Crippen molar-refractivity contribution in [2.24, 2.45) is 0 Å². The van der Waals surface area contributed by atoms with E-state index in [4.69, 9.17) is 4.74 Å². The molecule has 2 saturated heterocycles. The number of nitrogens with one attached hydrogen (secondary N) is 1. The van der Waals surface area contributed by atoms with E-state index in [2.05, 4.69) is 26.1 Å². The molecule has 1 aromatic carbocycles. The largest absolute Gasteiger partial charge is 0.374 e. The Hall–Kier alpha value is -0.490. The number of ether oxygens (including phenoxy) is 1. The summed E-state index contributed by atoms with van der Waals surface area (Å²) in [7, 11) is 1.96. The zero-order valence-electron chi connectivity index (χ0n) is 12.3. The molecule has 3 nitrogen and oxygen atoms in total. The van der Waals surface area contributed by atoms with E-state index in [1.54, 1.807) is 6.07 Å². The van der Waals surface area contributed by atoms with Crippen molar-refractivity contribution in [1.29, 1.82) is 0 Å². The highest BCUT2D eigenvalue weighted by molar-refractivity contribution is 9.10. The molecular weight excluding hydrogens is 335 g/mol. The Bertz CT molecular complexity index is 479. The van der Waals surface area contributed by atoms with E-state index in [0.29, 0.717) is 6.04 Å². The summed E-state index contributed by atoms with van der Waals surface area (Å²) in [5.41, 5.74) is 0.994. The van der Waals surface area contributed by atoms with Crippen LogP contribution < -0.4 is 5.32 Å². The summed E-state index contributed by atoms with van der Waals surface area (Å²) in [4.78, 5) is 2.54. The van der Waals surface area contributed by atoms with Crippen molar-refractivity contribution in [3.05, 3.63) is 34.1 Å². The number of halogens is 2. The number of morpholine rings is 1. The van der Waals surface area contributed by atoms with E-state index in [1.807, 2.05) is 13.1 Å². The van der Waals surface area contributed by atoms with Crippen molar-refractivity contribution in [1.82, 2.24) is 10.2 Å². The van der Waals surface area contributed by atoms with Crippen LogP contribution in [0.1, 0.15) is 18.4 Å². The fourth-order valence-corrected chi connectivity index (χ4v) is 4.00. The monoisotopic (exact) mass is 356 g/mol. The normalized spacial score (nSPS) is 27.6. The Kier molecular flexibility index (Phi) is 4.94. The number of likely N-dealkylation sites (N-methyl/N-ethyl adjacent to an activating group) is 1. The van der Waals surface area contributed by atoms with E-state index in [-0.39, 0.29) is 18.0 Å². The van der Waals surface area contributed by atoms with Gasteiger partial charge in [0.05, 0.1) is 12.7 Å². The van der Waals surface area contributed by atoms with Gasteiger partial charge < -0.3 is 10.1 Å². The lowest BCUT2D eigenvalue weighted by Gasteiger charge is -2.39. The Morgan fingerprint density at radius 2 is 2.33 bits per heavy atom. The van der Waals surface area contributed by atoms with Gasteiger partial charge in [-0.1, -0.05) is 15.9 Å². The minimum atomic E-state index is -0.196. The molecule has 0 aliphatic carbocycles. The molecule has 2 aliphatic heterocycles. The molecule has 0 spiro atoms. The van der Waals surface area contributed by atoms with Crippen LogP contribution in [0.15, 0.2) is 22.7 Å². The summed E-state index contributed by atoms with van der Waals surface area (Å²) in [5.74, 6) is -0.196. The number of nitrogens with zero attached hydrogens (tertiary/aromatic N) is 1. The van der Waals surface area contributed by atoms with E-state index in [9.17, 15) is 4.39 Å². The van der Waals surface area contributed by atoms with E-state index >= 15 is 0 Å². The van der Waals surface area contributed by atoms with Gasteiger partial charge in [-0.05, 0) is 56.6 Å². The van der Waals surface area contributed by atoms with Crippen LogP contribution in [-0.2, 0) is 11.2 Å². The van der Waals surface area contributed by atoms with E-state index < -0.39 is 0 Å². The molecule has 0 amide bonds. The highest BCUT2D eigenvalue weighted by Crippen LogP contribution is 2.25. The fraction of sp³-hybridized carbons (Fsp3) is 0.625. The molecule has 3 atom stereocenters. The number of hydrogen-bond acceptors (Lipinski definition) is 3. The van der Waals surface area contributed by atoms with Gasteiger partial charge in [0.1, 0.15) is 5.82 Å². The standard InChI is InChI=1S/C16H22BrFN2O/c1-19-15(7-11-5-12(17)8-13(18)6-11)16-9-20-4-2-3-14(20)10-21-16/h5-6,8,14-16,19H,2-4,7,9-10H2,1H3. The summed E-state index contributed by atoms with van der Waals surface area (Å²) in [5, 5.41) is 3.35. The molecule has 2 heterocycles. The highest BCUT2D eigenvalue weighted by Gasteiger charge is 2.35. The lowest BCUT2D eigenvalue weighted by Crippen LogP contribution is -2.54. The Morgan fingerprint density at radius 3 is 3.10 bits per heavy atom. The molecule has 0 bridgehead atoms. The van der Waals surface area contributed by atoms with Gasteiger partial charge in [-0.3, -0.25) is 4.90 Å². The van der Waals surface area contributed by atoms with Crippen LogP contribution in [0.2, 0.25) is 0 Å². The lowest BCUT2D eigenvalue weighted by atomic mass is 9.99. The lowest BCUT2D eigenvalue weighted by molar-refractivity contribution is -0.0634. The molecule has 116 valence electrons. The van der Waals surface area contributed by atoms with Crippen LogP contribution in [0.3, 0.4) is 0 Å². The first kappa shape index (κ1) is 15.4. The number of rotatable bonds is 4. The van der Waals surface area contributed by atoms with Crippen molar-refractivity contribution in [2.45, 2.75) is 37.5 Å². The van der Waals surface area contributed by atoms with Gasteiger partial charge in [0, 0.05) is 23.1 Å². The molecule has 3 rings (SSSR count). The molecular formula is C16H22BrFN2O. The van der Waals surface area contributed by atoms with Crippen LogP contribution in [-0.4, -0.2) is 49.8 Å². The second-order valence-electron chi connectivity index (χ2n) is 6.04. The maximum atomic E-state index is 13.5.